The number of rotatable bonds is 5. The lowest BCUT2D eigenvalue weighted by atomic mass is 9.77. The van der Waals surface area contributed by atoms with Gasteiger partial charge in [-0.2, -0.15) is 5.10 Å². The maximum Gasteiger partial charge on any atom is 0.0961 e. The highest BCUT2D eigenvalue weighted by Gasteiger charge is 2.43. The number of ether oxygens (including phenoxy) is 1. The van der Waals surface area contributed by atoms with Crippen LogP contribution in [-0.4, -0.2) is 60.3 Å². The van der Waals surface area contributed by atoms with Gasteiger partial charge in [-0.15, -0.1) is 0 Å². The Morgan fingerprint density at radius 1 is 1.56 bits per heavy atom. The second-order valence-electron chi connectivity index (χ2n) is 7.63. The fourth-order valence-electron chi connectivity index (χ4n) is 4.12. The third kappa shape index (κ3) is 4.69. The van der Waals surface area contributed by atoms with E-state index in [1.54, 1.807) is 13.1 Å². The summed E-state index contributed by atoms with van der Waals surface area (Å²) in [6.45, 7) is 6.54. The maximum atomic E-state index is 9.32. The predicted molar refractivity (Wildman–Crippen MR) is 110 cm³/mol. The van der Waals surface area contributed by atoms with E-state index in [0.717, 1.165) is 37.4 Å². The fraction of sp³-hybridized carbons (Fsp3) is 0.600. The lowest BCUT2D eigenvalue weighted by molar-refractivity contribution is -0.109. The summed E-state index contributed by atoms with van der Waals surface area (Å²) in [4.78, 5) is 6.56. The standard InChI is InChI=1S/C20H29ClN4O2/c1-14-10-20(19-9-17(21)4-3-16(19)5-8-27-20)6-7-25(14)13-18(24-22)12-23-11-15(2)26/h3-4,9,12,14-15,26H,5-8,10-11,13,22H2,1-2H3/b23-12?,24-18+/t14-,15?,20?/m0/s1. The quantitative estimate of drug-likeness (QED) is 0.457. The number of fused-ring (bicyclic) bond motifs is 2. The first-order valence-corrected chi connectivity index (χ1v) is 9.93. The van der Waals surface area contributed by atoms with Gasteiger partial charge < -0.3 is 15.7 Å². The SMILES string of the molecule is CC(O)CN=C/C(CN1CCC2(C[C@@H]1C)OCCc1ccc(Cl)cc12)=N\N. The molecular weight excluding hydrogens is 364 g/mol. The molecule has 0 aliphatic carbocycles. The molecule has 1 fully saturated rings. The summed E-state index contributed by atoms with van der Waals surface area (Å²) in [6.07, 6.45) is 3.95. The Bertz CT molecular complexity index is 722. The van der Waals surface area contributed by atoms with Crippen LogP contribution in [0.5, 0.6) is 0 Å². The highest BCUT2D eigenvalue weighted by atomic mass is 35.5. The van der Waals surface area contributed by atoms with E-state index in [2.05, 4.69) is 34.1 Å². The Kier molecular flexibility index (Phi) is 6.52. The highest BCUT2D eigenvalue weighted by Crippen LogP contribution is 2.44. The van der Waals surface area contributed by atoms with Gasteiger partial charge in [-0.25, -0.2) is 0 Å². The summed E-state index contributed by atoms with van der Waals surface area (Å²) in [6, 6.07) is 6.49. The minimum Gasteiger partial charge on any atom is -0.391 e. The van der Waals surface area contributed by atoms with Crippen LogP contribution in [0.1, 0.15) is 37.8 Å². The molecule has 27 heavy (non-hydrogen) atoms. The van der Waals surface area contributed by atoms with Gasteiger partial charge in [0, 0.05) is 30.4 Å². The third-order valence-corrected chi connectivity index (χ3v) is 5.74. The first-order chi connectivity index (χ1) is 12.9. The Morgan fingerprint density at radius 2 is 2.37 bits per heavy atom. The lowest BCUT2D eigenvalue weighted by Gasteiger charge is -2.48. The number of aliphatic imine (C=N–C) groups is 1. The van der Waals surface area contributed by atoms with Crippen molar-refractivity contribution in [2.24, 2.45) is 15.9 Å². The molecule has 0 saturated carbocycles. The van der Waals surface area contributed by atoms with Crippen molar-refractivity contribution in [3.8, 4) is 0 Å². The van der Waals surface area contributed by atoms with E-state index in [4.69, 9.17) is 22.2 Å². The molecule has 0 amide bonds. The zero-order valence-corrected chi connectivity index (χ0v) is 16.8. The molecule has 2 aliphatic heterocycles. The van der Waals surface area contributed by atoms with Gasteiger partial charge in [-0.05, 0) is 56.4 Å². The Hall–Kier alpha value is -1.47. The third-order valence-electron chi connectivity index (χ3n) is 5.50. The van der Waals surface area contributed by atoms with E-state index in [9.17, 15) is 5.11 Å². The van der Waals surface area contributed by atoms with Gasteiger partial charge >= 0.3 is 0 Å². The molecule has 0 aromatic heterocycles. The second-order valence-corrected chi connectivity index (χ2v) is 8.07. The lowest BCUT2D eigenvalue weighted by Crippen LogP contribution is -2.52. The average Bonchev–Trinajstić information content (AvgIpc) is 2.63. The molecule has 1 aromatic carbocycles. The zero-order chi connectivity index (χ0) is 19.4. The molecule has 1 saturated heterocycles. The van der Waals surface area contributed by atoms with E-state index >= 15 is 0 Å². The Morgan fingerprint density at radius 3 is 3.07 bits per heavy atom. The summed E-state index contributed by atoms with van der Waals surface area (Å²) in [7, 11) is 0. The van der Waals surface area contributed by atoms with Crippen LogP contribution in [-0.2, 0) is 16.8 Å². The summed E-state index contributed by atoms with van der Waals surface area (Å²) in [5.41, 5.74) is 3.06. The predicted octanol–water partition coefficient (Wildman–Crippen LogP) is 2.36. The molecule has 3 N–H and O–H groups in total. The van der Waals surface area contributed by atoms with Crippen LogP contribution in [0.3, 0.4) is 0 Å². The molecule has 1 spiro atoms. The molecule has 0 radical (unpaired) electrons. The van der Waals surface area contributed by atoms with Crippen LogP contribution in [0.25, 0.3) is 0 Å². The zero-order valence-electron chi connectivity index (χ0n) is 16.1. The van der Waals surface area contributed by atoms with Crippen LogP contribution in [0.4, 0.5) is 0 Å². The van der Waals surface area contributed by atoms with Gasteiger partial charge in [0.1, 0.15) is 0 Å². The molecule has 2 aliphatic rings. The highest BCUT2D eigenvalue weighted by molar-refractivity contribution is 6.31. The van der Waals surface area contributed by atoms with Crippen molar-refractivity contribution in [1.82, 2.24) is 4.90 Å². The average molecular weight is 393 g/mol. The fourth-order valence-corrected chi connectivity index (χ4v) is 4.29. The smallest absolute Gasteiger partial charge is 0.0961 e. The van der Waals surface area contributed by atoms with Gasteiger partial charge in [-0.1, -0.05) is 17.7 Å². The Balaban J connectivity index is 1.70. The summed E-state index contributed by atoms with van der Waals surface area (Å²) in [5, 5.41) is 13.9. The van der Waals surface area contributed by atoms with Gasteiger partial charge in [-0.3, -0.25) is 9.89 Å². The summed E-state index contributed by atoms with van der Waals surface area (Å²) < 4.78 is 6.33. The topological polar surface area (TPSA) is 83.4 Å². The van der Waals surface area contributed by atoms with Crippen molar-refractivity contribution in [1.29, 1.82) is 0 Å². The second kappa shape index (κ2) is 8.69. The molecule has 7 heteroatoms. The van der Waals surface area contributed by atoms with Crippen molar-refractivity contribution in [3.63, 3.8) is 0 Å². The number of hydrazone groups is 1. The number of nitrogens with two attached hydrogens (primary N) is 1. The minimum absolute atomic E-state index is 0.255. The Labute approximate surface area is 166 Å². The van der Waals surface area contributed by atoms with E-state index < -0.39 is 6.10 Å². The van der Waals surface area contributed by atoms with Gasteiger partial charge in [0.2, 0.25) is 0 Å². The van der Waals surface area contributed by atoms with Crippen molar-refractivity contribution >= 4 is 23.5 Å². The van der Waals surface area contributed by atoms with E-state index in [0.29, 0.717) is 24.8 Å². The largest absolute Gasteiger partial charge is 0.391 e. The first-order valence-electron chi connectivity index (χ1n) is 9.55. The number of benzene rings is 1. The van der Waals surface area contributed by atoms with Crippen LogP contribution < -0.4 is 5.84 Å². The normalized spacial score (nSPS) is 27.9. The monoisotopic (exact) mass is 392 g/mol. The van der Waals surface area contributed by atoms with Gasteiger partial charge in [0.15, 0.2) is 0 Å². The van der Waals surface area contributed by atoms with E-state index in [-0.39, 0.29) is 5.60 Å². The number of piperidine rings is 1. The summed E-state index contributed by atoms with van der Waals surface area (Å²) in [5.74, 6) is 5.54. The number of hydrogen-bond donors (Lipinski definition) is 2. The molecule has 2 heterocycles. The van der Waals surface area contributed by atoms with Gasteiger partial charge in [0.05, 0.1) is 30.6 Å². The van der Waals surface area contributed by atoms with Crippen LogP contribution in [0, 0.1) is 0 Å². The molecule has 0 bridgehead atoms. The molecule has 3 rings (SSSR count). The molecule has 1 aromatic rings. The minimum atomic E-state index is -0.468. The van der Waals surface area contributed by atoms with Crippen molar-refractivity contribution in [2.45, 2.75) is 50.9 Å². The van der Waals surface area contributed by atoms with Gasteiger partial charge in [0.25, 0.3) is 0 Å². The van der Waals surface area contributed by atoms with E-state index in [1.807, 2.05) is 6.07 Å². The number of nitrogens with zero attached hydrogens (tertiary/aromatic N) is 3. The molecule has 3 atom stereocenters. The van der Waals surface area contributed by atoms with Crippen LogP contribution in [0.2, 0.25) is 5.02 Å². The van der Waals surface area contributed by atoms with Crippen LogP contribution >= 0.6 is 11.6 Å². The van der Waals surface area contributed by atoms with E-state index in [1.165, 1.54) is 11.1 Å². The molecule has 148 valence electrons. The first kappa shape index (κ1) is 20.3. The maximum absolute atomic E-state index is 9.32. The molecule has 2 unspecified atom stereocenters. The number of likely N-dealkylation sites (tertiary alicyclic amines) is 1. The summed E-state index contributed by atoms with van der Waals surface area (Å²) >= 11 is 6.27. The number of hydrogen-bond acceptors (Lipinski definition) is 6. The molecular formula is C20H29ClN4O2. The molecule has 6 nitrogen and oxygen atoms in total. The van der Waals surface area contributed by atoms with Crippen LogP contribution in [0.15, 0.2) is 28.3 Å². The number of aliphatic hydroxyl groups is 1. The van der Waals surface area contributed by atoms with Crippen molar-refractivity contribution in [2.75, 3.05) is 26.2 Å². The number of halogens is 1. The van der Waals surface area contributed by atoms with Crippen molar-refractivity contribution < 1.29 is 9.84 Å². The number of aliphatic hydroxyl groups excluding tert-OH is 1. The van der Waals surface area contributed by atoms with Crippen molar-refractivity contribution in [3.05, 3.63) is 34.3 Å².